The number of nitrogens with one attached hydrogen (secondary N) is 2. The van der Waals surface area contributed by atoms with E-state index in [0.717, 1.165) is 12.1 Å². The molecule has 0 unspecified atom stereocenters. The van der Waals surface area contributed by atoms with Crippen molar-refractivity contribution in [1.82, 2.24) is 10.5 Å². The first-order valence-electron chi connectivity index (χ1n) is 9.16. The van der Waals surface area contributed by atoms with Gasteiger partial charge in [-0.2, -0.15) is 0 Å². The van der Waals surface area contributed by atoms with Gasteiger partial charge in [0, 0.05) is 24.2 Å². The zero-order valence-electron chi connectivity index (χ0n) is 16.2. The van der Waals surface area contributed by atoms with Crippen LogP contribution in [0.15, 0.2) is 34.9 Å². The SMILES string of the molecule is CC[C@H](C)NC(=O)c1cc(COc2ccc(NC(=O)CC(C)C)cc2)on1. The zero-order valence-corrected chi connectivity index (χ0v) is 16.2. The van der Waals surface area contributed by atoms with Gasteiger partial charge in [-0.3, -0.25) is 9.59 Å². The van der Waals surface area contributed by atoms with Crippen LogP contribution in [0.2, 0.25) is 0 Å². The lowest BCUT2D eigenvalue weighted by atomic mass is 10.1. The molecule has 0 spiro atoms. The summed E-state index contributed by atoms with van der Waals surface area (Å²) in [6.07, 6.45) is 1.32. The molecule has 27 heavy (non-hydrogen) atoms. The normalized spacial score (nSPS) is 11.9. The molecule has 1 atom stereocenters. The maximum absolute atomic E-state index is 12.0. The highest BCUT2D eigenvalue weighted by atomic mass is 16.5. The van der Waals surface area contributed by atoms with Crippen molar-refractivity contribution in [3.8, 4) is 5.75 Å². The molecule has 7 heteroatoms. The quantitative estimate of drug-likeness (QED) is 0.698. The summed E-state index contributed by atoms with van der Waals surface area (Å²) in [5, 5.41) is 9.44. The molecular weight excluding hydrogens is 346 g/mol. The lowest BCUT2D eigenvalue weighted by Crippen LogP contribution is -2.32. The predicted octanol–water partition coefficient (Wildman–Crippen LogP) is 3.77. The first kappa shape index (κ1) is 20.5. The predicted molar refractivity (Wildman–Crippen MR) is 103 cm³/mol. The summed E-state index contributed by atoms with van der Waals surface area (Å²) in [6, 6.07) is 8.72. The van der Waals surface area contributed by atoms with Crippen molar-refractivity contribution in [3.63, 3.8) is 0 Å². The average molecular weight is 373 g/mol. The van der Waals surface area contributed by atoms with E-state index in [-0.39, 0.29) is 30.2 Å². The number of ether oxygens (including phenoxy) is 1. The van der Waals surface area contributed by atoms with Crippen molar-refractivity contribution in [2.45, 2.75) is 53.2 Å². The van der Waals surface area contributed by atoms with Crippen LogP contribution in [0.5, 0.6) is 5.75 Å². The van der Waals surface area contributed by atoms with Crippen molar-refractivity contribution in [1.29, 1.82) is 0 Å². The first-order valence-corrected chi connectivity index (χ1v) is 9.16. The second kappa shape index (κ2) is 9.75. The molecule has 2 aromatic rings. The Labute approximate surface area is 159 Å². The van der Waals surface area contributed by atoms with E-state index in [1.807, 2.05) is 27.7 Å². The molecule has 1 aromatic heterocycles. The smallest absolute Gasteiger partial charge is 0.273 e. The molecule has 2 N–H and O–H groups in total. The summed E-state index contributed by atoms with van der Waals surface area (Å²) in [5.74, 6) is 1.12. The largest absolute Gasteiger partial charge is 0.486 e. The third-order valence-corrected chi connectivity index (χ3v) is 3.89. The van der Waals surface area contributed by atoms with Crippen LogP contribution in [0, 0.1) is 5.92 Å². The molecule has 146 valence electrons. The monoisotopic (exact) mass is 373 g/mol. The number of carbonyl (C=O) groups is 2. The molecule has 0 radical (unpaired) electrons. The molecule has 2 rings (SSSR count). The van der Waals surface area contributed by atoms with E-state index in [2.05, 4.69) is 15.8 Å². The Morgan fingerprint density at radius 1 is 1.19 bits per heavy atom. The number of benzene rings is 1. The van der Waals surface area contributed by atoms with Gasteiger partial charge in [0.05, 0.1) is 0 Å². The molecule has 0 saturated carbocycles. The lowest BCUT2D eigenvalue weighted by Gasteiger charge is -2.09. The van der Waals surface area contributed by atoms with E-state index in [4.69, 9.17) is 9.26 Å². The summed E-state index contributed by atoms with van der Waals surface area (Å²) in [7, 11) is 0. The van der Waals surface area contributed by atoms with Crippen LogP contribution in [0.3, 0.4) is 0 Å². The Bertz CT molecular complexity index is 753. The van der Waals surface area contributed by atoms with E-state index >= 15 is 0 Å². The minimum Gasteiger partial charge on any atom is -0.486 e. The van der Waals surface area contributed by atoms with E-state index in [1.54, 1.807) is 30.3 Å². The molecule has 1 heterocycles. The fraction of sp³-hybridized carbons (Fsp3) is 0.450. The highest BCUT2D eigenvalue weighted by molar-refractivity contribution is 5.92. The van der Waals surface area contributed by atoms with Crippen LogP contribution < -0.4 is 15.4 Å². The Morgan fingerprint density at radius 2 is 1.89 bits per heavy atom. The number of rotatable bonds is 9. The first-order chi connectivity index (χ1) is 12.9. The van der Waals surface area contributed by atoms with Gasteiger partial charge in [-0.1, -0.05) is 25.9 Å². The van der Waals surface area contributed by atoms with Crippen molar-refractivity contribution in [3.05, 3.63) is 41.8 Å². The van der Waals surface area contributed by atoms with Crippen LogP contribution in [-0.4, -0.2) is 23.0 Å². The number of anilines is 1. The molecular formula is C20H27N3O4. The highest BCUT2D eigenvalue weighted by Gasteiger charge is 2.14. The van der Waals surface area contributed by atoms with Crippen LogP contribution in [0.1, 0.15) is 56.8 Å². The molecule has 0 aliphatic rings. The van der Waals surface area contributed by atoms with Gasteiger partial charge in [-0.25, -0.2) is 0 Å². The minimum absolute atomic E-state index is 0.0106. The topological polar surface area (TPSA) is 93.5 Å². The molecule has 2 amide bonds. The van der Waals surface area contributed by atoms with Crippen LogP contribution >= 0.6 is 0 Å². The Hall–Kier alpha value is -2.83. The molecule has 0 fully saturated rings. The molecule has 7 nitrogen and oxygen atoms in total. The molecule has 0 saturated heterocycles. The lowest BCUT2D eigenvalue weighted by molar-refractivity contribution is -0.116. The van der Waals surface area contributed by atoms with Gasteiger partial charge in [0.15, 0.2) is 11.5 Å². The van der Waals surface area contributed by atoms with Crippen LogP contribution in [0.4, 0.5) is 5.69 Å². The van der Waals surface area contributed by atoms with Crippen LogP contribution in [-0.2, 0) is 11.4 Å². The third kappa shape index (κ3) is 6.77. The molecule has 0 bridgehead atoms. The summed E-state index contributed by atoms with van der Waals surface area (Å²) in [6.45, 7) is 8.08. The van der Waals surface area contributed by atoms with Gasteiger partial charge in [0.25, 0.3) is 5.91 Å². The fourth-order valence-corrected chi connectivity index (χ4v) is 2.26. The maximum atomic E-state index is 12.0. The van der Waals surface area contributed by atoms with Gasteiger partial charge in [0.1, 0.15) is 12.4 Å². The second-order valence-corrected chi connectivity index (χ2v) is 6.92. The summed E-state index contributed by atoms with van der Waals surface area (Å²) in [4.78, 5) is 23.8. The van der Waals surface area contributed by atoms with Crippen molar-refractivity contribution in [2.75, 3.05) is 5.32 Å². The fourth-order valence-electron chi connectivity index (χ4n) is 2.26. The number of nitrogens with zero attached hydrogens (tertiary/aromatic N) is 1. The molecule has 0 aliphatic carbocycles. The number of aromatic nitrogens is 1. The second-order valence-electron chi connectivity index (χ2n) is 6.92. The van der Waals surface area contributed by atoms with Gasteiger partial charge in [-0.15, -0.1) is 0 Å². The molecule has 0 aliphatic heterocycles. The Kier molecular flexibility index (Phi) is 7.40. The Balaban J connectivity index is 1.85. The van der Waals surface area contributed by atoms with Gasteiger partial charge >= 0.3 is 0 Å². The van der Waals surface area contributed by atoms with E-state index in [9.17, 15) is 9.59 Å². The van der Waals surface area contributed by atoms with Crippen molar-refractivity contribution in [2.24, 2.45) is 5.92 Å². The van der Waals surface area contributed by atoms with E-state index < -0.39 is 0 Å². The van der Waals surface area contributed by atoms with E-state index in [1.165, 1.54) is 0 Å². The maximum Gasteiger partial charge on any atom is 0.273 e. The summed E-state index contributed by atoms with van der Waals surface area (Å²) < 4.78 is 10.8. The zero-order chi connectivity index (χ0) is 19.8. The van der Waals surface area contributed by atoms with Gasteiger partial charge in [-0.05, 0) is 43.5 Å². The molecule has 1 aromatic carbocycles. The average Bonchev–Trinajstić information content (AvgIpc) is 3.09. The van der Waals surface area contributed by atoms with Crippen molar-refractivity contribution >= 4 is 17.5 Å². The number of amides is 2. The standard InChI is InChI=1S/C20H27N3O4/c1-5-14(4)21-20(25)18-11-17(27-23-18)12-26-16-8-6-15(7-9-16)22-19(24)10-13(2)3/h6-9,11,13-14H,5,10,12H2,1-4H3,(H,21,25)(H,22,24)/t14-/m0/s1. The Morgan fingerprint density at radius 3 is 2.52 bits per heavy atom. The van der Waals surface area contributed by atoms with Crippen LogP contribution in [0.25, 0.3) is 0 Å². The summed E-state index contributed by atoms with van der Waals surface area (Å²) >= 11 is 0. The number of carbonyl (C=O) groups excluding carboxylic acids is 2. The van der Waals surface area contributed by atoms with Crippen molar-refractivity contribution < 1.29 is 18.8 Å². The highest BCUT2D eigenvalue weighted by Crippen LogP contribution is 2.18. The summed E-state index contributed by atoms with van der Waals surface area (Å²) in [5.41, 5.74) is 0.953. The number of hydrogen-bond acceptors (Lipinski definition) is 5. The van der Waals surface area contributed by atoms with E-state index in [0.29, 0.717) is 23.8 Å². The van der Waals surface area contributed by atoms with Gasteiger partial charge < -0.3 is 19.9 Å². The minimum atomic E-state index is -0.263. The van der Waals surface area contributed by atoms with Gasteiger partial charge in [0.2, 0.25) is 5.91 Å². The third-order valence-electron chi connectivity index (χ3n) is 3.89. The number of hydrogen-bond donors (Lipinski definition) is 2.